The minimum atomic E-state index is -1.06. The summed E-state index contributed by atoms with van der Waals surface area (Å²) in [5, 5.41) is 11.3. The van der Waals surface area contributed by atoms with Crippen molar-refractivity contribution in [2.45, 2.75) is 0 Å². The van der Waals surface area contributed by atoms with Gasteiger partial charge in [-0.15, -0.1) is 0 Å². The van der Waals surface area contributed by atoms with E-state index in [2.05, 4.69) is 5.32 Å². The van der Waals surface area contributed by atoms with Crippen molar-refractivity contribution in [1.29, 1.82) is 5.26 Å². The molecule has 0 aliphatic heterocycles. The van der Waals surface area contributed by atoms with Gasteiger partial charge in [0, 0.05) is 12.1 Å². The highest BCUT2D eigenvalue weighted by molar-refractivity contribution is 5.67. The van der Waals surface area contributed by atoms with E-state index in [-0.39, 0.29) is 11.3 Å². The third kappa shape index (κ3) is 2.28. The third-order valence-corrected chi connectivity index (χ3v) is 2.31. The Morgan fingerprint density at radius 3 is 2.22 bits per heavy atom. The molecule has 0 spiro atoms. The first-order valence-corrected chi connectivity index (χ1v) is 5.02. The fourth-order valence-corrected chi connectivity index (χ4v) is 1.49. The second kappa shape index (κ2) is 4.80. The maximum atomic E-state index is 13.4. The molecule has 0 aliphatic carbocycles. The van der Waals surface area contributed by atoms with Crippen LogP contribution in [0.3, 0.4) is 0 Å². The Hall–Kier alpha value is -2.48. The summed E-state index contributed by atoms with van der Waals surface area (Å²) in [6, 6.07) is 9.27. The summed E-state index contributed by atoms with van der Waals surface area (Å²) in [5.41, 5.74) is 0.00383. The molecule has 1 N–H and O–H groups in total. The van der Waals surface area contributed by atoms with Crippen LogP contribution >= 0.6 is 0 Å². The molecule has 2 rings (SSSR count). The molecular formula is C13H7F3N2. The van der Waals surface area contributed by atoms with E-state index in [4.69, 9.17) is 5.26 Å². The number of hydrogen-bond acceptors (Lipinski definition) is 2. The molecule has 0 aliphatic rings. The van der Waals surface area contributed by atoms with Crippen LogP contribution < -0.4 is 5.32 Å². The molecule has 2 aromatic rings. The molecule has 0 amide bonds. The lowest BCUT2D eigenvalue weighted by molar-refractivity contribution is 0.549. The van der Waals surface area contributed by atoms with Crippen LogP contribution in [0.4, 0.5) is 24.5 Å². The third-order valence-electron chi connectivity index (χ3n) is 2.31. The zero-order chi connectivity index (χ0) is 13.1. The van der Waals surface area contributed by atoms with Gasteiger partial charge in [0.05, 0.1) is 11.3 Å². The van der Waals surface area contributed by atoms with E-state index in [1.54, 1.807) is 12.1 Å². The number of benzene rings is 2. The van der Waals surface area contributed by atoms with Crippen LogP contribution in [0.15, 0.2) is 36.4 Å². The molecule has 90 valence electrons. The molecule has 2 aromatic carbocycles. The van der Waals surface area contributed by atoms with Gasteiger partial charge >= 0.3 is 0 Å². The van der Waals surface area contributed by atoms with Gasteiger partial charge in [0.2, 0.25) is 0 Å². The standard InChI is InChI=1S/C13H7F3N2/c14-9-5-10(15)13(11(16)6-9)18-12-4-2-1-3-8(12)7-17/h1-6,18H. The van der Waals surface area contributed by atoms with Crippen LogP contribution in [-0.2, 0) is 0 Å². The summed E-state index contributed by atoms with van der Waals surface area (Å²) in [6.07, 6.45) is 0. The topological polar surface area (TPSA) is 35.8 Å². The van der Waals surface area contributed by atoms with Crippen molar-refractivity contribution < 1.29 is 13.2 Å². The van der Waals surface area contributed by atoms with Gasteiger partial charge < -0.3 is 5.32 Å². The normalized spacial score (nSPS) is 9.89. The van der Waals surface area contributed by atoms with Crippen LogP contribution in [0.2, 0.25) is 0 Å². The summed E-state index contributed by atoms with van der Waals surface area (Å²) >= 11 is 0. The van der Waals surface area contributed by atoms with E-state index >= 15 is 0 Å². The summed E-state index contributed by atoms with van der Waals surface area (Å²) in [7, 11) is 0. The largest absolute Gasteiger partial charge is 0.350 e. The van der Waals surface area contributed by atoms with Crippen LogP contribution in [-0.4, -0.2) is 0 Å². The number of halogens is 3. The maximum Gasteiger partial charge on any atom is 0.152 e. The Labute approximate surface area is 101 Å². The summed E-state index contributed by atoms with van der Waals surface area (Å²) in [6.45, 7) is 0. The second-order valence-corrected chi connectivity index (χ2v) is 3.53. The average Bonchev–Trinajstić information content (AvgIpc) is 2.34. The lowest BCUT2D eigenvalue weighted by Crippen LogP contribution is -2.00. The average molecular weight is 248 g/mol. The van der Waals surface area contributed by atoms with Crippen molar-refractivity contribution in [2.24, 2.45) is 0 Å². The second-order valence-electron chi connectivity index (χ2n) is 3.53. The first kappa shape index (κ1) is 12.0. The number of para-hydroxylation sites is 1. The van der Waals surface area contributed by atoms with E-state index in [1.165, 1.54) is 12.1 Å². The smallest absolute Gasteiger partial charge is 0.152 e. The Morgan fingerprint density at radius 2 is 1.61 bits per heavy atom. The molecule has 0 aromatic heterocycles. The summed E-state index contributed by atoms with van der Waals surface area (Å²) in [5.74, 6) is -3.11. The molecule has 0 bridgehead atoms. The molecule has 0 atom stereocenters. The SMILES string of the molecule is N#Cc1ccccc1Nc1c(F)cc(F)cc1F. The molecule has 0 unspecified atom stereocenters. The van der Waals surface area contributed by atoms with Crippen molar-refractivity contribution in [2.75, 3.05) is 5.32 Å². The minimum Gasteiger partial charge on any atom is -0.350 e. The Kier molecular flexibility index (Phi) is 3.20. The number of nitrogens with one attached hydrogen (secondary N) is 1. The van der Waals surface area contributed by atoms with Crippen LogP contribution in [0.1, 0.15) is 5.56 Å². The molecule has 0 saturated heterocycles. The highest BCUT2D eigenvalue weighted by atomic mass is 19.1. The lowest BCUT2D eigenvalue weighted by Gasteiger charge is -2.10. The van der Waals surface area contributed by atoms with E-state index in [1.807, 2.05) is 6.07 Å². The molecule has 0 saturated carbocycles. The Balaban J connectivity index is 2.44. The fourth-order valence-electron chi connectivity index (χ4n) is 1.49. The first-order valence-electron chi connectivity index (χ1n) is 5.02. The number of rotatable bonds is 2. The van der Waals surface area contributed by atoms with Gasteiger partial charge in [0.15, 0.2) is 11.6 Å². The van der Waals surface area contributed by atoms with E-state index in [9.17, 15) is 13.2 Å². The van der Waals surface area contributed by atoms with Crippen LogP contribution in [0.5, 0.6) is 0 Å². The fraction of sp³-hybridized carbons (Fsp3) is 0. The summed E-state index contributed by atoms with van der Waals surface area (Å²) in [4.78, 5) is 0. The quantitative estimate of drug-likeness (QED) is 0.879. The van der Waals surface area contributed by atoms with Gasteiger partial charge in [-0.05, 0) is 12.1 Å². The monoisotopic (exact) mass is 248 g/mol. The zero-order valence-corrected chi connectivity index (χ0v) is 9.05. The van der Waals surface area contributed by atoms with Gasteiger partial charge in [0.25, 0.3) is 0 Å². The molecule has 5 heteroatoms. The number of nitrogens with zero attached hydrogens (tertiary/aromatic N) is 1. The minimum absolute atomic E-state index is 0.237. The number of nitriles is 1. The van der Waals surface area contributed by atoms with Gasteiger partial charge in [-0.25, -0.2) is 13.2 Å². The van der Waals surface area contributed by atoms with Crippen molar-refractivity contribution >= 4 is 11.4 Å². The van der Waals surface area contributed by atoms with Crippen molar-refractivity contribution in [1.82, 2.24) is 0 Å². The van der Waals surface area contributed by atoms with Crippen LogP contribution in [0, 0.1) is 28.8 Å². The van der Waals surface area contributed by atoms with Gasteiger partial charge in [0.1, 0.15) is 17.6 Å². The molecule has 2 nitrogen and oxygen atoms in total. The lowest BCUT2D eigenvalue weighted by atomic mass is 10.2. The Bertz CT molecular complexity index is 609. The van der Waals surface area contributed by atoms with Gasteiger partial charge in [-0.3, -0.25) is 0 Å². The number of anilines is 2. The van der Waals surface area contributed by atoms with Crippen LogP contribution in [0.25, 0.3) is 0 Å². The van der Waals surface area contributed by atoms with E-state index in [0.717, 1.165) is 0 Å². The number of hydrogen-bond donors (Lipinski definition) is 1. The first-order chi connectivity index (χ1) is 8.61. The maximum absolute atomic E-state index is 13.4. The van der Waals surface area contributed by atoms with Crippen molar-refractivity contribution in [3.05, 3.63) is 59.4 Å². The van der Waals surface area contributed by atoms with Gasteiger partial charge in [-0.2, -0.15) is 5.26 Å². The van der Waals surface area contributed by atoms with E-state index in [0.29, 0.717) is 12.1 Å². The van der Waals surface area contributed by atoms with Gasteiger partial charge in [-0.1, -0.05) is 12.1 Å². The predicted octanol–water partition coefficient (Wildman–Crippen LogP) is 3.72. The van der Waals surface area contributed by atoms with E-state index < -0.39 is 23.1 Å². The molecule has 0 heterocycles. The summed E-state index contributed by atoms with van der Waals surface area (Å²) < 4.78 is 39.5. The zero-order valence-electron chi connectivity index (χ0n) is 9.05. The highest BCUT2D eigenvalue weighted by Crippen LogP contribution is 2.26. The predicted molar refractivity (Wildman–Crippen MR) is 60.8 cm³/mol. The Morgan fingerprint density at radius 1 is 1.00 bits per heavy atom. The molecular weight excluding hydrogens is 241 g/mol. The molecule has 0 radical (unpaired) electrons. The van der Waals surface area contributed by atoms with Crippen molar-refractivity contribution in [3.63, 3.8) is 0 Å². The molecule has 18 heavy (non-hydrogen) atoms. The molecule has 0 fully saturated rings. The highest BCUT2D eigenvalue weighted by Gasteiger charge is 2.12. The van der Waals surface area contributed by atoms with Crippen molar-refractivity contribution in [3.8, 4) is 6.07 Å².